The van der Waals surface area contributed by atoms with E-state index < -0.39 is 47.7 Å². The normalized spacial score (nSPS) is 35.4. The fraction of sp³-hybridized carbons (Fsp3) is 0.545. The SMILES string of the molecule is Cc1cn([C@@H]2O[C@]3(CO)C(=O)NC2C3O)c(=O)[nH]c1=O. The van der Waals surface area contributed by atoms with Crippen LogP contribution in [0.25, 0.3) is 0 Å². The Morgan fingerprint density at radius 3 is 2.75 bits per heavy atom. The molecule has 0 spiro atoms. The fourth-order valence-corrected chi connectivity index (χ4v) is 2.62. The van der Waals surface area contributed by atoms with Gasteiger partial charge in [-0.05, 0) is 6.92 Å². The van der Waals surface area contributed by atoms with Crippen LogP contribution in [-0.2, 0) is 9.53 Å². The molecule has 9 nitrogen and oxygen atoms in total. The number of nitrogens with zero attached hydrogens (tertiary/aromatic N) is 1. The molecule has 3 rings (SSSR count). The van der Waals surface area contributed by atoms with E-state index in [2.05, 4.69) is 10.3 Å². The summed E-state index contributed by atoms with van der Waals surface area (Å²) in [6.45, 7) is 0.808. The lowest BCUT2D eigenvalue weighted by molar-refractivity contribution is -0.169. The molecular formula is C11H13N3O6. The van der Waals surface area contributed by atoms with E-state index in [1.54, 1.807) is 0 Å². The van der Waals surface area contributed by atoms with Gasteiger partial charge < -0.3 is 20.3 Å². The summed E-state index contributed by atoms with van der Waals surface area (Å²) >= 11 is 0. The average Bonchev–Trinajstić information content (AvgIpc) is 2.81. The van der Waals surface area contributed by atoms with Crippen LogP contribution in [0, 0.1) is 6.92 Å². The van der Waals surface area contributed by atoms with Gasteiger partial charge in [-0.25, -0.2) is 4.79 Å². The quantitative estimate of drug-likeness (QED) is 0.456. The van der Waals surface area contributed by atoms with E-state index >= 15 is 0 Å². The molecule has 2 fully saturated rings. The molecule has 1 aromatic rings. The first-order valence-corrected chi connectivity index (χ1v) is 6.00. The average molecular weight is 283 g/mol. The van der Waals surface area contributed by atoms with Crippen LogP contribution in [0.1, 0.15) is 11.8 Å². The van der Waals surface area contributed by atoms with Gasteiger partial charge in [0.1, 0.15) is 12.1 Å². The molecule has 2 saturated heterocycles. The van der Waals surface area contributed by atoms with Gasteiger partial charge in [0.2, 0.25) is 0 Å². The number of ether oxygens (including phenoxy) is 1. The summed E-state index contributed by atoms with van der Waals surface area (Å²) in [5.41, 5.74) is -2.71. The number of hydrogen-bond acceptors (Lipinski definition) is 6. The number of aliphatic hydroxyl groups excluding tert-OH is 2. The largest absolute Gasteiger partial charge is 0.393 e. The number of nitrogens with one attached hydrogen (secondary N) is 2. The lowest BCUT2D eigenvalue weighted by Crippen LogP contribution is -2.52. The number of morpholine rings is 1. The summed E-state index contributed by atoms with van der Waals surface area (Å²) in [6.07, 6.45) is -0.974. The third-order valence-corrected chi connectivity index (χ3v) is 3.79. The van der Waals surface area contributed by atoms with Crippen molar-refractivity contribution < 1.29 is 19.7 Å². The van der Waals surface area contributed by atoms with Crippen molar-refractivity contribution in [3.63, 3.8) is 0 Å². The third-order valence-electron chi connectivity index (χ3n) is 3.79. The fourth-order valence-electron chi connectivity index (χ4n) is 2.62. The number of carbonyl (C=O) groups excluding carboxylic acids is 1. The van der Waals surface area contributed by atoms with E-state index in [-0.39, 0.29) is 5.56 Å². The highest BCUT2D eigenvalue weighted by molar-refractivity contribution is 5.90. The molecular weight excluding hydrogens is 270 g/mol. The van der Waals surface area contributed by atoms with Gasteiger partial charge in [0.15, 0.2) is 11.8 Å². The topological polar surface area (TPSA) is 134 Å². The van der Waals surface area contributed by atoms with E-state index in [9.17, 15) is 24.6 Å². The van der Waals surface area contributed by atoms with Crippen LogP contribution >= 0.6 is 0 Å². The van der Waals surface area contributed by atoms with Crippen LogP contribution in [-0.4, -0.2) is 50.0 Å². The van der Waals surface area contributed by atoms with E-state index in [0.717, 1.165) is 4.57 Å². The van der Waals surface area contributed by atoms with Gasteiger partial charge in [0.25, 0.3) is 11.5 Å². The zero-order valence-corrected chi connectivity index (χ0v) is 10.5. The van der Waals surface area contributed by atoms with Crippen LogP contribution in [0.4, 0.5) is 0 Å². The monoisotopic (exact) mass is 283 g/mol. The molecule has 1 amide bonds. The van der Waals surface area contributed by atoms with E-state index in [1.807, 2.05) is 0 Å². The van der Waals surface area contributed by atoms with Gasteiger partial charge in [-0.3, -0.25) is 19.1 Å². The summed E-state index contributed by atoms with van der Waals surface area (Å²) in [5.74, 6) is -0.622. The Hall–Kier alpha value is -1.97. The number of carbonyl (C=O) groups is 1. The summed E-state index contributed by atoms with van der Waals surface area (Å²) in [5, 5.41) is 21.8. The Kier molecular flexibility index (Phi) is 2.61. The van der Waals surface area contributed by atoms with E-state index in [0.29, 0.717) is 0 Å². The smallest absolute Gasteiger partial charge is 0.330 e. The van der Waals surface area contributed by atoms with Gasteiger partial charge in [-0.2, -0.15) is 0 Å². The number of aromatic amines is 1. The predicted molar refractivity (Wildman–Crippen MR) is 63.9 cm³/mol. The van der Waals surface area contributed by atoms with Crippen molar-refractivity contribution in [1.29, 1.82) is 0 Å². The lowest BCUT2D eigenvalue weighted by atomic mass is 10.00. The van der Waals surface area contributed by atoms with Crippen molar-refractivity contribution in [2.75, 3.05) is 6.61 Å². The van der Waals surface area contributed by atoms with Crippen LogP contribution in [0.2, 0.25) is 0 Å². The molecule has 1 aromatic heterocycles. The molecule has 4 atom stereocenters. The zero-order chi connectivity index (χ0) is 14.7. The zero-order valence-electron chi connectivity index (χ0n) is 10.5. The number of aryl methyl sites for hydroxylation is 1. The Balaban J connectivity index is 2.07. The minimum Gasteiger partial charge on any atom is -0.393 e. The predicted octanol–water partition coefficient (Wildman–Crippen LogP) is -3.04. The number of rotatable bonds is 2. The third kappa shape index (κ3) is 1.45. The Morgan fingerprint density at radius 2 is 2.15 bits per heavy atom. The van der Waals surface area contributed by atoms with Crippen molar-refractivity contribution in [3.05, 3.63) is 32.6 Å². The first-order valence-electron chi connectivity index (χ1n) is 6.00. The molecule has 0 aromatic carbocycles. The molecule has 2 unspecified atom stereocenters. The molecule has 2 bridgehead atoms. The van der Waals surface area contributed by atoms with Gasteiger partial charge in [0.05, 0.1) is 6.61 Å². The first-order chi connectivity index (χ1) is 9.40. The molecule has 108 valence electrons. The summed E-state index contributed by atoms with van der Waals surface area (Å²) in [6, 6.07) is -0.863. The molecule has 2 aliphatic rings. The minimum absolute atomic E-state index is 0.287. The molecule has 4 N–H and O–H groups in total. The lowest BCUT2D eigenvalue weighted by Gasteiger charge is -2.29. The maximum absolute atomic E-state index is 11.8. The highest BCUT2D eigenvalue weighted by Gasteiger charge is 2.66. The standard InChI is InChI=1S/C11H13N3O6/c1-4-2-14(10(19)13-7(4)17)8-5-6(16)11(3-15,20-8)9(18)12-5/h2,5-6,8,15-16H,3H2,1H3,(H,12,18)(H,13,17,19)/t5?,6?,8-,11+/m1/s1. The molecule has 0 aliphatic carbocycles. The van der Waals surface area contributed by atoms with E-state index in [1.165, 1.54) is 13.1 Å². The second-order valence-electron chi connectivity index (χ2n) is 4.98. The van der Waals surface area contributed by atoms with Crippen LogP contribution < -0.4 is 16.6 Å². The van der Waals surface area contributed by atoms with Gasteiger partial charge in [-0.15, -0.1) is 0 Å². The van der Waals surface area contributed by atoms with Crippen LogP contribution in [0.15, 0.2) is 15.8 Å². The second kappa shape index (κ2) is 4.01. The number of amides is 1. The summed E-state index contributed by atoms with van der Waals surface area (Å²) < 4.78 is 6.50. The number of aliphatic hydroxyl groups is 2. The molecule has 0 radical (unpaired) electrons. The number of hydrogen-bond donors (Lipinski definition) is 4. The van der Waals surface area contributed by atoms with Gasteiger partial charge in [0, 0.05) is 11.8 Å². The number of H-pyrrole nitrogens is 1. The van der Waals surface area contributed by atoms with Gasteiger partial charge >= 0.3 is 5.69 Å². The number of fused-ring (bicyclic) bond motifs is 2. The van der Waals surface area contributed by atoms with Crippen LogP contribution in [0.5, 0.6) is 0 Å². The Bertz CT molecular complexity index is 694. The molecule has 9 heteroatoms. The summed E-state index contributed by atoms with van der Waals surface area (Å²) in [7, 11) is 0. The Labute approximate surface area is 111 Å². The Morgan fingerprint density at radius 1 is 1.45 bits per heavy atom. The van der Waals surface area contributed by atoms with Crippen molar-refractivity contribution in [2.45, 2.75) is 30.9 Å². The second-order valence-corrected chi connectivity index (χ2v) is 4.98. The van der Waals surface area contributed by atoms with Gasteiger partial charge in [-0.1, -0.05) is 0 Å². The highest BCUT2D eigenvalue weighted by atomic mass is 16.6. The molecule has 2 aliphatic heterocycles. The van der Waals surface area contributed by atoms with Crippen molar-refractivity contribution >= 4 is 5.91 Å². The maximum Gasteiger partial charge on any atom is 0.330 e. The minimum atomic E-state index is -1.77. The molecule has 20 heavy (non-hydrogen) atoms. The van der Waals surface area contributed by atoms with E-state index in [4.69, 9.17) is 4.74 Å². The highest BCUT2D eigenvalue weighted by Crippen LogP contribution is 2.41. The molecule has 0 saturated carbocycles. The van der Waals surface area contributed by atoms with Crippen molar-refractivity contribution in [1.82, 2.24) is 14.9 Å². The van der Waals surface area contributed by atoms with Crippen molar-refractivity contribution in [2.24, 2.45) is 0 Å². The molecule has 3 heterocycles. The maximum atomic E-state index is 11.8. The van der Waals surface area contributed by atoms with Crippen molar-refractivity contribution in [3.8, 4) is 0 Å². The summed E-state index contributed by atoms with van der Waals surface area (Å²) in [4.78, 5) is 36.9. The first kappa shape index (κ1) is 13.0. The number of aromatic nitrogens is 2. The van der Waals surface area contributed by atoms with Crippen LogP contribution in [0.3, 0.4) is 0 Å².